The monoisotopic (exact) mass is 556 g/mol. The maximum absolute atomic E-state index is 8.52. The molecule has 0 atom stereocenters. The molecule has 0 spiro atoms. The van der Waals surface area contributed by atoms with Crippen LogP contribution in [0.15, 0.2) is 0 Å². The van der Waals surface area contributed by atoms with Gasteiger partial charge >= 0.3 is 36.9 Å². The molecule has 0 saturated carbocycles. The fraction of sp³-hybridized carbons (Fsp3) is 0. The molecule has 0 aromatic heterocycles. The maximum atomic E-state index is 8.52. The molecule has 13 heteroatoms. The van der Waals surface area contributed by atoms with Crippen LogP contribution in [0.5, 0.6) is 0 Å². The van der Waals surface area contributed by atoms with E-state index in [9.17, 15) is 0 Å². The van der Waals surface area contributed by atoms with E-state index in [-0.39, 0.29) is 36.9 Å². The van der Waals surface area contributed by atoms with Crippen LogP contribution in [0, 0.1) is 81.3 Å². The summed E-state index contributed by atoms with van der Waals surface area (Å²) in [5.41, 5.74) is 0. The molecule has 0 rings (SSSR count). The summed E-state index contributed by atoms with van der Waals surface area (Å²) in [4.78, 5) is 0. The minimum atomic E-state index is -3.65. The van der Waals surface area contributed by atoms with Gasteiger partial charge in [0.15, 0.2) is 0 Å². The molecule has 13 heavy (non-hydrogen) atoms. The van der Waals surface area contributed by atoms with Gasteiger partial charge in [0.2, 0.25) is 44.4 Å². The van der Waals surface area contributed by atoms with Gasteiger partial charge in [-0.2, -0.15) is 0 Å². The first-order chi connectivity index (χ1) is 5.20. The fourth-order valence-electron chi connectivity index (χ4n) is 0. The Morgan fingerprint density at radius 3 is 0.385 bits per heavy atom. The van der Waals surface area contributed by atoms with E-state index in [0.717, 1.165) is 0 Å². The quantitative estimate of drug-likeness (QED) is 0.276. The van der Waals surface area contributed by atoms with Crippen LogP contribution < -0.4 is 37.8 Å². The van der Waals surface area contributed by atoms with E-state index in [1.54, 1.807) is 0 Å². The summed E-state index contributed by atoms with van der Waals surface area (Å²) in [5.74, 6) is 0. The minimum Gasteiger partial charge on any atom is -0.405 e. The maximum Gasteiger partial charge on any atom is 3.00 e. The molecular formula is Br3LuO9. The number of rotatable bonds is 0. The summed E-state index contributed by atoms with van der Waals surface area (Å²) in [7, 11) is 0. The predicted octanol–water partition coefficient (Wildman–Crippen LogP) is -10.7. The van der Waals surface area contributed by atoms with Gasteiger partial charge in [-0.3, -0.25) is 0 Å². The van der Waals surface area contributed by atoms with Gasteiger partial charge in [-0.25, -0.2) is 0 Å². The molecule has 0 aliphatic heterocycles. The Labute approximate surface area is 118 Å². The number of hydrogen-bond donors (Lipinski definition) is 0. The smallest absolute Gasteiger partial charge is 0.405 e. The van der Waals surface area contributed by atoms with E-state index in [0.29, 0.717) is 0 Å². The van der Waals surface area contributed by atoms with E-state index in [2.05, 4.69) is 0 Å². The number of halogens is 3. The van der Waals surface area contributed by atoms with Crippen molar-refractivity contribution in [1.82, 2.24) is 0 Å². The Hall–Kier alpha value is 2.31. The second-order valence-corrected chi connectivity index (χ2v) is 2.95. The average Bonchev–Trinajstić information content (AvgIpc) is 1.54. The van der Waals surface area contributed by atoms with Gasteiger partial charge in [-0.15, -0.1) is 0 Å². The zero-order chi connectivity index (χ0) is 10.7. The van der Waals surface area contributed by atoms with Crippen LogP contribution in [0.25, 0.3) is 0 Å². The van der Waals surface area contributed by atoms with Crippen LogP contribution in [0.4, 0.5) is 0 Å². The molecule has 0 fully saturated rings. The number of hydrogen-bond acceptors (Lipinski definition) is 9. The molecule has 90 valence electrons. The summed E-state index contributed by atoms with van der Waals surface area (Å²) in [5, 5.41) is 0. The normalized spacial score (nSPS) is 8.31. The van der Waals surface area contributed by atoms with Crippen molar-refractivity contribution >= 4 is 0 Å². The SMILES string of the molecule is [Lu+3].[O-][Br+2]([O-])[O-].[O-][Br+2]([O-])[O-].[O-][Br+2]([O-])[O-]. The Bertz CT molecular complexity index is 43.4. The Balaban J connectivity index is -0.0000000450. The topological polar surface area (TPSA) is 208 Å². The van der Waals surface area contributed by atoms with Gasteiger partial charge in [0, 0.05) is 0 Å². The molecule has 0 radical (unpaired) electrons. The fourth-order valence-corrected chi connectivity index (χ4v) is 0. The summed E-state index contributed by atoms with van der Waals surface area (Å²) in [6, 6.07) is 0. The molecular weight excluding hydrogens is 559 g/mol. The molecule has 0 aliphatic carbocycles. The van der Waals surface area contributed by atoms with Gasteiger partial charge in [-0.1, -0.05) is 0 Å². The third kappa shape index (κ3) is 405. The van der Waals surface area contributed by atoms with Gasteiger partial charge in [0.1, 0.15) is 0 Å². The van der Waals surface area contributed by atoms with Gasteiger partial charge in [0.25, 0.3) is 0 Å². The minimum absolute atomic E-state index is 0. The molecule has 0 heterocycles. The van der Waals surface area contributed by atoms with Crippen LogP contribution in [-0.2, 0) is 0 Å². The first-order valence-electron chi connectivity index (χ1n) is 1.39. The van der Waals surface area contributed by atoms with Crippen LogP contribution in [0.1, 0.15) is 0 Å². The molecule has 0 saturated heterocycles. The molecule has 9 nitrogen and oxygen atoms in total. The van der Waals surface area contributed by atoms with Gasteiger partial charge in [-0.05, 0) is 0 Å². The summed E-state index contributed by atoms with van der Waals surface area (Å²) < 4.78 is 76.7. The molecule has 0 aromatic carbocycles. The van der Waals surface area contributed by atoms with Crippen LogP contribution >= 0.6 is 0 Å². The Kier molecular flexibility index (Phi) is 37.4. The van der Waals surface area contributed by atoms with Crippen LogP contribution in [0.3, 0.4) is 0 Å². The Morgan fingerprint density at radius 2 is 0.385 bits per heavy atom. The summed E-state index contributed by atoms with van der Waals surface area (Å²) in [6.07, 6.45) is 0. The summed E-state index contributed by atoms with van der Waals surface area (Å²) in [6.45, 7) is 0. The second kappa shape index (κ2) is 19.8. The molecule has 0 aliphatic rings. The second-order valence-electron chi connectivity index (χ2n) is 0.567. The average molecular weight is 559 g/mol. The van der Waals surface area contributed by atoms with Crippen molar-refractivity contribution in [3.8, 4) is 0 Å². The van der Waals surface area contributed by atoms with Crippen molar-refractivity contribution in [3.63, 3.8) is 0 Å². The molecule has 0 N–H and O–H groups in total. The van der Waals surface area contributed by atoms with E-state index in [4.69, 9.17) is 37.8 Å². The first-order valence-corrected chi connectivity index (χ1v) is 7.22. The zero-order valence-electron chi connectivity index (χ0n) is 5.07. The first kappa shape index (κ1) is 24.5. The van der Waals surface area contributed by atoms with E-state index < -0.39 is 44.4 Å². The molecule has 0 aromatic rings. The molecule has 0 unspecified atom stereocenters. The summed E-state index contributed by atoms with van der Waals surface area (Å²) >= 11 is -10.9. The van der Waals surface area contributed by atoms with Crippen molar-refractivity contribution in [2.45, 2.75) is 0 Å². The van der Waals surface area contributed by atoms with Crippen LogP contribution in [0.2, 0.25) is 0 Å². The van der Waals surface area contributed by atoms with Crippen molar-refractivity contribution in [3.05, 3.63) is 0 Å². The van der Waals surface area contributed by atoms with E-state index >= 15 is 0 Å². The standard InChI is InChI=1S/3BrO3.Lu/c3*2-1(3)4;/q3*-1;+3. The molecule has 0 amide bonds. The largest absolute Gasteiger partial charge is 3.00 e. The third-order valence-electron chi connectivity index (χ3n) is 0. The van der Waals surface area contributed by atoms with Gasteiger partial charge in [0.05, 0.1) is 0 Å². The van der Waals surface area contributed by atoms with Gasteiger partial charge < -0.3 is 37.8 Å². The van der Waals surface area contributed by atoms with E-state index in [1.165, 1.54) is 0 Å². The van der Waals surface area contributed by atoms with Crippen molar-refractivity contribution in [2.75, 3.05) is 0 Å². The van der Waals surface area contributed by atoms with Crippen LogP contribution in [-0.4, -0.2) is 0 Å². The van der Waals surface area contributed by atoms with Crippen molar-refractivity contribution in [1.29, 1.82) is 0 Å². The van der Waals surface area contributed by atoms with Crippen molar-refractivity contribution < 1.29 is 119 Å². The van der Waals surface area contributed by atoms with E-state index in [1.807, 2.05) is 0 Å². The third-order valence-corrected chi connectivity index (χ3v) is 0. The Morgan fingerprint density at radius 1 is 0.385 bits per heavy atom. The zero-order valence-corrected chi connectivity index (χ0v) is 11.5. The molecule has 0 bridgehead atoms. The predicted molar refractivity (Wildman–Crippen MR) is 0 cm³/mol. The van der Waals surface area contributed by atoms with Crippen molar-refractivity contribution in [2.24, 2.45) is 0 Å².